The Bertz CT molecular complexity index is 509. The van der Waals surface area contributed by atoms with Gasteiger partial charge in [0.25, 0.3) is 5.69 Å². The molecule has 0 N–H and O–H groups in total. The highest BCUT2D eigenvalue weighted by Crippen LogP contribution is 2.28. The highest BCUT2D eigenvalue weighted by atomic mass is 16.6. The molecule has 120 valence electrons. The first-order chi connectivity index (χ1) is 10.6. The summed E-state index contributed by atoms with van der Waals surface area (Å²) < 4.78 is 0. The minimum Gasteiger partial charge on any atom is -0.369 e. The van der Waals surface area contributed by atoms with E-state index in [9.17, 15) is 10.1 Å². The van der Waals surface area contributed by atoms with Crippen LogP contribution >= 0.6 is 0 Å². The Balaban J connectivity index is 1.56. The number of non-ortho nitro benzene ring substituents is 1. The Hall–Kier alpha value is -1.62. The molecule has 2 fully saturated rings. The van der Waals surface area contributed by atoms with Crippen molar-refractivity contribution in [3.05, 3.63) is 34.4 Å². The molecule has 1 saturated heterocycles. The van der Waals surface area contributed by atoms with Crippen molar-refractivity contribution in [3.63, 3.8) is 0 Å². The van der Waals surface area contributed by atoms with Gasteiger partial charge >= 0.3 is 0 Å². The van der Waals surface area contributed by atoms with Crippen molar-refractivity contribution >= 4 is 11.4 Å². The fourth-order valence-corrected chi connectivity index (χ4v) is 3.86. The molecule has 1 aliphatic carbocycles. The van der Waals surface area contributed by atoms with E-state index in [-0.39, 0.29) is 10.6 Å². The van der Waals surface area contributed by atoms with Crippen LogP contribution in [0.3, 0.4) is 0 Å². The van der Waals surface area contributed by atoms with Gasteiger partial charge < -0.3 is 4.90 Å². The first kappa shape index (κ1) is 15.3. The predicted octanol–water partition coefficient (Wildman–Crippen LogP) is 3.30. The van der Waals surface area contributed by atoms with Crippen molar-refractivity contribution in [3.8, 4) is 0 Å². The maximum Gasteiger partial charge on any atom is 0.269 e. The molecule has 0 unspecified atom stereocenters. The molecule has 2 atom stereocenters. The van der Waals surface area contributed by atoms with Gasteiger partial charge in [-0.2, -0.15) is 0 Å². The highest BCUT2D eigenvalue weighted by molar-refractivity contribution is 5.51. The summed E-state index contributed by atoms with van der Waals surface area (Å²) in [5.74, 6) is 0.867. The zero-order chi connectivity index (χ0) is 15.5. The van der Waals surface area contributed by atoms with Crippen LogP contribution < -0.4 is 4.90 Å². The maximum atomic E-state index is 10.7. The quantitative estimate of drug-likeness (QED) is 0.635. The molecule has 0 bridgehead atoms. The fourth-order valence-electron chi connectivity index (χ4n) is 3.86. The number of anilines is 1. The van der Waals surface area contributed by atoms with Crippen LogP contribution in [0.4, 0.5) is 11.4 Å². The van der Waals surface area contributed by atoms with Crippen LogP contribution in [0.2, 0.25) is 0 Å². The van der Waals surface area contributed by atoms with Gasteiger partial charge in [-0.05, 0) is 30.9 Å². The summed E-state index contributed by atoms with van der Waals surface area (Å²) in [6.07, 6.45) is 5.45. The number of nitro groups is 1. The maximum absolute atomic E-state index is 10.7. The third-order valence-corrected chi connectivity index (χ3v) is 5.17. The zero-order valence-electron chi connectivity index (χ0n) is 13.3. The Morgan fingerprint density at radius 2 is 1.77 bits per heavy atom. The molecular weight excluding hydrogens is 278 g/mol. The molecule has 5 heteroatoms. The third-order valence-electron chi connectivity index (χ3n) is 5.17. The van der Waals surface area contributed by atoms with Crippen LogP contribution in [0, 0.1) is 16.0 Å². The predicted molar refractivity (Wildman–Crippen MR) is 88.3 cm³/mol. The number of nitrogens with zero attached hydrogens (tertiary/aromatic N) is 3. The number of benzene rings is 1. The smallest absolute Gasteiger partial charge is 0.269 e. The molecule has 2 aliphatic rings. The third kappa shape index (κ3) is 3.40. The Kier molecular flexibility index (Phi) is 4.62. The van der Waals surface area contributed by atoms with Gasteiger partial charge in [-0.15, -0.1) is 0 Å². The summed E-state index contributed by atoms with van der Waals surface area (Å²) >= 11 is 0. The van der Waals surface area contributed by atoms with Crippen LogP contribution in [0.15, 0.2) is 24.3 Å². The molecule has 0 amide bonds. The average molecular weight is 303 g/mol. The van der Waals surface area contributed by atoms with Crippen LogP contribution in [-0.2, 0) is 0 Å². The highest BCUT2D eigenvalue weighted by Gasteiger charge is 2.27. The Morgan fingerprint density at radius 3 is 2.36 bits per heavy atom. The van der Waals surface area contributed by atoms with Gasteiger partial charge in [0.1, 0.15) is 0 Å². The second kappa shape index (κ2) is 6.65. The molecule has 1 heterocycles. The van der Waals surface area contributed by atoms with Crippen LogP contribution in [-0.4, -0.2) is 42.0 Å². The molecule has 1 aromatic rings. The van der Waals surface area contributed by atoms with Crippen molar-refractivity contribution in [2.75, 3.05) is 31.1 Å². The van der Waals surface area contributed by atoms with E-state index in [2.05, 4.69) is 16.7 Å². The average Bonchev–Trinajstić information content (AvgIpc) is 2.55. The van der Waals surface area contributed by atoms with E-state index in [0.29, 0.717) is 0 Å². The van der Waals surface area contributed by atoms with Gasteiger partial charge in [0.05, 0.1) is 4.92 Å². The monoisotopic (exact) mass is 303 g/mol. The van der Waals surface area contributed by atoms with Crippen molar-refractivity contribution in [2.24, 2.45) is 5.92 Å². The normalized spacial score (nSPS) is 26.9. The van der Waals surface area contributed by atoms with E-state index in [1.54, 1.807) is 12.1 Å². The summed E-state index contributed by atoms with van der Waals surface area (Å²) in [5.41, 5.74) is 1.26. The molecule has 0 aromatic heterocycles. The summed E-state index contributed by atoms with van der Waals surface area (Å²) in [5, 5.41) is 10.7. The number of hydrogen-bond donors (Lipinski definition) is 0. The minimum absolute atomic E-state index is 0.165. The van der Waals surface area contributed by atoms with E-state index < -0.39 is 0 Å². The molecule has 1 saturated carbocycles. The topological polar surface area (TPSA) is 49.6 Å². The first-order valence-corrected chi connectivity index (χ1v) is 8.37. The molecule has 0 radical (unpaired) electrons. The van der Waals surface area contributed by atoms with Crippen LogP contribution in [0.1, 0.15) is 32.6 Å². The van der Waals surface area contributed by atoms with E-state index in [1.807, 2.05) is 12.1 Å². The summed E-state index contributed by atoms with van der Waals surface area (Å²) in [6, 6.07) is 7.71. The fraction of sp³-hybridized carbons (Fsp3) is 0.647. The van der Waals surface area contributed by atoms with Crippen molar-refractivity contribution in [2.45, 2.75) is 38.6 Å². The molecule has 0 spiro atoms. The standard InChI is InChI=1S/C17H25N3O2/c1-14-3-2-4-17(13-14)19-11-9-18(10-12-19)15-5-7-16(8-6-15)20(21)22/h5-8,14,17H,2-4,9-13H2,1H3/t14-,17-/m1/s1. The number of hydrogen-bond acceptors (Lipinski definition) is 4. The van der Waals surface area contributed by atoms with Crippen molar-refractivity contribution in [1.82, 2.24) is 4.90 Å². The van der Waals surface area contributed by atoms with Gasteiger partial charge in [0.15, 0.2) is 0 Å². The summed E-state index contributed by atoms with van der Waals surface area (Å²) in [7, 11) is 0. The van der Waals surface area contributed by atoms with Crippen molar-refractivity contribution < 1.29 is 4.92 Å². The molecule has 3 rings (SSSR count). The number of piperazine rings is 1. The molecule has 22 heavy (non-hydrogen) atoms. The lowest BCUT2D eigenvalue weighted by Crippen LogP contribution is -2.51. The van der Waals surface area contributed by atoms with E-state index >= 15 is 0 Å². The molecule has 1 aromatic carbocycles. The van der Waals surface area contributed by atoms with Gasteiger partial charge in [-0.1, -0.05) is 19.8 Å². The van der Waals surface area contributed by atoms with Gasteiger partial charge in [0, 0.05) is 50.0 Å². The largest absolute Gasteiger partial charge is 0.369 e. The zero-order valence-corrected chi connectivity index (χ0v) is 13.3. The first-order valence-electron chi connectivity index (χ1n) is 8.37. The summed E-state index contributed by atoms with van der Waals surface area (Å²) in [6.45, 7) is 6.62. The lowest BCUT2D eigenvalue weighted by molar-refractivity contribution is -0.384. The Labute approximate surface area is 132 Å². The van der Waals surface area contributed by atoms with Crippen molar-refractivity contribution in [1.29, 1.82) is 0 Å². The van der Waals surface area contributed by atoms with E-state index in [0.717, 1.165) is 43.8 Å². The lowest BCUT2D eigenvalue weighted by atomic mass is 9.86. The van der Waals surface area contributed by atoms with Gasteiger partial charge in [0.2, 0.25) is 0 Å². The van der Waals surface area contributed by atoms with Crippen LogP contribution in [0.25, 0.3) is 0 Å². The van der Waals surface area contributed by atoms with E-state index in [1.165, 1.54) is 25.7 Å². The second-order valence-electron chi connectivity index (χ2n) is 6.72. The molecule has 5 nitrogen and oxygen atoms in total. The SMILES string of the molecule is C[C@@H]1CCC[C@@H](N2CCN(c3ccc([N+](=O)[O-])cc3)CC2)C1. The number of rotatable bonds is 3. The number of nitro benzene ring substituents is 1. The molecular formula is C17H25N3O2. The Morgan fingerprint density at radius 1 is 1.09 bits per heavy atom. The van der Waals surface area contributed by atoms with Gasteiger partial charge in [-0.3, -0.25) is 15.0 Å². The minimum atomic E-state index is -0.341. The van der Waals surface area contributed by atoms with E-state index in [4.69, 9.17) is 0 Å². The molecule has 1 aliphatic heterocycles. The van der Waals surface area contributed by atoms with Crippen LogP contribution in [0.5, 0.6) is 0 Å². The second-order valence-corrected chi connectivity index (χ2v) is 6.72. The van der Waals surface area contributed by atoms with Gasteiger partial charge in [-0.25, -0.2) is 0 Å². The summed E-state index contributed by atoms with van der Waals surface area (Å²) in [4.78, 5) is 15.4. The lowest BCUT2D eigenvalue weighted by Gasteiger charge is -2.42.